The second kappa shape index (κ2) is 7.31. The molecule has 7 nitrogen and oxygen atoms in total. The van der Waals surface area contributed by atoms with E-state index >= 15 is 0 Å². The largest absolute Gasteiger partial charge is 0.291 e. The summed E-state index contributed by atoms with van der Waals surface area (Å²) in [6, 6.07) is 11.5. The number of benzene rings is 2. The van der Waals surface area contributed by atoms with E-state index in [0.29, 0.717) is 0 Å². The van der Waals surface area contributed by atoms with E-state index in [0.717, 1.165) is 22.3 Å². The van der Waals surface area contributed by atoms with Crippen molar-refractivity contribution in [1.82, 2.24) is 5.32 Å². The molecular formula is C21H25N3O4. The van der Waals surface area contributed by atoms with Crippen molar-refractivity contribution in [3.05, 3.63) is 91.0 Å². The van der Waals surface area contributed by atoms with Gasteiger partial charge in [-0.05, 0) is 38.8 Å². The number of hydrogen-bond donors (Lipinski definition) is 1. The second-order valence-electron chi connectivity index (χ2n) is 8.23. The summed E-state index contributed by atoms with van der Waals surface area (Å²) in [6.07, 6.45) is 0. The van der Waals surface area contributed by atoms with Gasteiger partial charge in [0.25, 0.3) is 0 Å². The Morgan fingerprint density at radius 2 is 1.21 bits per heavy atom. The van der Waals surface area contributed by atoms with Crippen LogP contribution >= 0.6 is 0 Å². The molecule has 1 N–H and O–H groups in total. The summed E-state index contributed by atoms with van der Waals surface area (Å²) in [7, 11) is 0. The number of rotatable bonds is 4. The number of nitrogens with zero attached hydrogens (tertiary/aromatic N) is 2. The summed E-state index contributed by atoms with van der Waals surface area (Å²) in [4.78, 5) is 23.3. The van der Waals surface area contributed by atoms with Crippen molar-refractivity contribution in [3.63, 3.8) is 0 Å². The molecule has 0 aliphatic carbocycles. The van der Waals surface area contributed by atoms with Crippen molar-refractivity contribution < 1.29 is 9.85 Å². The van der Waals surface area contributed by atoms with E-state index in [1.165, 1.54) is 0 Å². The highest BCUT2D eigenvalue weighted by Gasteiger charge is 2.62. The molecule has 2 aromatic rings. The maximum Gasteiger partial charge on any atom is 0.243 e. The average molecular weight is 383 g/mol. The molecule has 2 aromatic carbocycles. The van der Waals surface area contributed by atoms with E-state index in [1.54, 1.807) is 13.8 Å². The number of hydrogen-bond acceptors (Lipinski definition) is 5. The molecule has 1 heterocycles. The Morgan fingerprint density at radius 3 is 1.54 bits per heavy atom. The molecule has 3 rings (SSSR count). The zero-order valence-corrected chi connectivity index (χ0v) is 16.5. The lowest BCUT2D eigenvalue weighted by molar-refractivity contribution is -0.605. The summed E-state index contributed by atoms with van der Waals surface area (Å²) in [5, 5.41) is 27.4. The molecule has 28 heavy (non-hydrogen) atoms. The molecule has 0 spiro atoms. The quantitative estimate of drug-likeness (QED) is 0.635. The Kier molecular flexibility index (Phi) is 5.21. The van der Waals surface area contributed by atoms with Crippen molar-refractivity contribution >= 4 is 0 Å². The van der Waals surface area contributed by atoms with Crippen molar-refractivity contribution in [2.75, 3.05) is 0 Å². The third-order valence-electron chi connectivity index (χ3n) is 5.77. The zero-order chi connectivity index (χ0) is 20.6. The maximum atomic E-state index is 12.0. The van der Waals surface area contributed by atoms with E-state index in [2.05, 4.69) is 5.32 Å². The van der Waals surface area contributed by atoms with Gasteiger partial charge in [-0.25, -0.2) is 0 Å². The minimum absolute atomic E-state index is 0.372. The molecule has 1 saturated heterocycles. The van der Waals surface area contributed by atoms with Crippen LogP contribution in [-0.2, 0) is 0 Å². The minimum Gasteiger partial charge on any atom is -0.291 e. The smallest absolute Gasteiger partial charge is 0.243 e. The van der Waals surface area contributed by atoms with Gasteiger partial charge in [-0.2, -0.15) is 0 Å². The van der Waals surface area contributed by atoms with Crippen molar-refractivity contribution in [3.8, 4) is 0 Å². The van der Waals surface area contributed by atoms with E-state index in [4.69, 9.17) is 0 Å². The molecular weight excluding hydrogens is 358 g/mol. The lowest BCUT2D eigenvalue weighted by Crippen LogP contribution is -2.63. The summed E-state index contributed by atoms with van der Waals surface area (Å²) < 4.78 is 0. The molecule has 0 radical (unpaired) electrons. The van der Waals surface area contributed by atoms with Crippen molar-refractivity contribution in [1.29, 1.82) is 0 Å². The Hall–Kier alpha value is -2.80. The molecule has 0 amide bonds. The fraction of sp³-hybridized carbons (Fsp3) is 0.429. The first kappa shape index (κ1) is 19.9. The highest BCUT2D eigenvalue weighted by Crippen LogP contribution is 2.46. The van der Waals surface area contributed by atoms with Gasteiger partial charge in [-0.1, -0.05) is 59.7 Å². The molecule has 148 valence electrons. The maximum absolute atomic E-state index is 12.0. The number of aryl methyl sites for hydroxylation is 2. The predicted molar refractivity (Wildman–Crippen MR) is 106 cm³/mol. The third kappa shape index (κ3) is 3.49. The molecule has 1 fully saturated rings. The second-order valence-corrected chi connectivity index (χ2v) is 8.23. The molecule has 0 unspecified atom stereocenters. The number of nitrogens with one attached hydrogen (secondary N) is 1. The van der Waals surface area contributed by atoms with Crippen LogP contribution in [0, 0.1) is 39.5 Å². The molecule has 0 saturated carbocycles. The van der Waals surface area contributed by atoms with Crippen LogP contribution in [0.15, 0.2) is 48.5 Å². The fourth-order valence-electron chi connectivity index (χ4n) is 4.48. The van der Waals surface area contributed by atoms with Crippen LogP contribution in [0.1, 0.15) is 48.2 Å². The van der Waals surface area contributed by atoms with Gasteiger partial charge in [0.2, 0.25) is 12.1 Å². The molecule has 0 bridgehead atoms. The van der Waals surface area contributed by atoms with Gasteiger partial charge < -0.3 is 0 Å². The van der Waals surface area contributed by atoms with Gasteiger partial charge >= 0.3 is 0 Å². The fourth-order valence-corrected chi connectivity index (χ4v) is 4.48. The minimum atomic E-state index is -1.17. The highest BCUT2D eigenvalue weighted by atomic mass is 16.6. The van der Waals surface area contributed by atoms with Crippen LogP contribution in [0.5, 0.6) is 0 Å². The molecule has 1 aliphatic heterocycles. The predicted octanol–water partition coefficient (Wildman–Crippen LogP) is 4.01. The molecule has 1 aliphatic rings. The van der Waals surface area contributed by atoms with Gasteiger partial charge in [0.15, 0.2) is 0 Å². The monoisotopic (exact) mass is 383 g/mol. The summed E-state index contributed by atoms with van der Waals surface area (Å²) in [5.41, 5.74) is 2.36. The van der Waals surface area contributed by atoms with Crippen molar-refractivity contribution in [2.24, 2.45) is 5.41 Å². The van der Waals surface area contributed by atoms with Crippen LogP contribution in [-0.4, -0.2) is 21.9 Å². The first-order valence-corrected chi connectivity index (χ1v) is 9.29. The first-order chi connectivity index (χ1) is 13.1. The van der Waals surface area contributed by atoms with Gasteiger partial charge in [-0.15, -0.1) is 0 Å². The van der Waals surface area contributed by atoms with Crippen LogP contribution < -0.4 is 5.32 Å². The van der Waals surface area contributed by atoms with Gasteiger partial charge in [0.05, 0.1) is 0 Å². The SMILES string of the molecule is Cc1cccc([C@@H]2N[C@@H](c3cccc(C)c3)[C@@H]([N+](=O)[O-])C(C)(C)[C@H]2[N+](=O)[O-])c1. The lowest BCUT2D eigenvalue weighted by atomic mass is 9.66. The van der Waals surface area contributed by atoms with Crippen LogP contribution in [0.25, 0.3) is 0 Å². The normalized spacial score (nSPS) is 26.6. The first-order valence-electron chi connectivity index (χ1n) is 9.29. The topological polar surface area (TPSA) is 98.3 Å². The van der Waals surface area contributed by atoms with Gasteiger partial charge in [-0.3, -0.25) is 25.5 Å². The Morgan fingerprint density at radius 1 is 0.821 bits per heavy atom. The van der Waals surface area contributed by atoms with E-state index in [9.17, 15) is 20.2 Å². The van der Waals surface area contributed by atoms with Crippen LogP contribution in [0.4, 0.5) is 0 Å². The standard InChI is InChI=1S/C21H25N3O4/c1-13-7-5-9-15(11-13)17-19(23(25)26)21(3,4)20(24(27)28)18(22-17)16-10-6-8-14(2)12-16/h5-12,17-20,22H,1-4H3/t17-,18-,19-,20+/m0/s1. The lowest BCUT2D eigenvalue weighted by Gasteiger charge is -2.44. The number of nitro groups is 2. The van der Waals surface area contributed by atoms with E-state index in [-0.39, 0.29) is 9.85 Å². The Labute approximate surface area is 164 Å². The van der Waals surface area contributed by atoms with E-state index < -0.39 is 29.6 Å². The summed E-state index contributed by atoms with van der Waals surface area (Å²) in [5.74, 6) is 0. The van der Waals surface area contributed by atoms with Crippen molar-refractivity contribution in [2.45, 2.75) is 51.9 Å². The summed E-state index contributed by atoms with van der Waals surface area (Å²) >= 11 is 0. The zero-order valence-electron chi connectivity index (χ0n) is 16.5. The summed E-state index contributed by atoms with van der Waals surface area (Å²) in [6.45, 7) is 7.13. The third-order valence-corrected chi connectivity index (χ3v) is 5.77. The molecule has 4 atom stereocenters. The van der Waals surface area contributed by atoms with E-state index in [1.807, 2.05) is 62.4 Å². The van der Waals surface area contributed by atoms with Gasteiger partial charge in [0.1, 0.15) is 17.5 Å². The van der Waals surface area contributed by atoms with Gasteiger partial charge in [0, 0.05) is 9.85 Å². The van der Waals surface area contributed by atoms with Crippen LogP contribution in [0.3, 0.4) is 0 Å². The Bertz CT molecular complexity index is 841. The number of piperidine rings is 1. The average Bonchev–Trinajstić information content (AvgIpc) is 2.59. The molecule has 0 aromatic heterocycles. The van der Waals surface area contributed by atoms with Crippen LogP contribution in [0.2, 0.25) is 0 Å². The Balaban J connectivity index is 2.18. The molecule has 7 heteroatoms. The highest BCUT2D eigenvalue weighted by molar-refractivity contribution is 5.32.